The van der Waals surface area contributed by atoms with Crippen LogP contribution in [-0.2, 0) is 22.0 Å². The smallest absolute Gasteiger partial charge is 0.376 e. The second kappa shape index (κ2) is 4.88. The number of halogens is 3. The molecule has 0 unspecified atom stereocenters. The van der Waals surface area contributed by atoms with Gasteiger partial charge in [-0.3, -0.25) is 0 Å². The zero-order valence-corrected chi connectivity index (χ0v) is 13.0. The minimum atomic E-state index is -5.62. The summed E-state index contributed by atoms with van der Waals surface area (Å²) in [6.45, 7) is 1.92. The van der Waals surface area contributed by atoms with Crippen molar-refractivity contribution in [1.29, 1.82) is 0 Å². The fourth-order valence-corrected chi connectivity index (χ4v) is 4.50. The van der Waals surface area contributed by atoms with Gasteiger partial charge in [0.05, 0.1) is 0 Å². The van der Waals surface area contributed by atoms with E-state index in [0.29, 0.717) is 12.0 Å². The van der Waals surface area contributed by atoms with Gasteiger partial charge in [0.1, 0.15) is 5.75 Å². The standard InChI is InChI=1S/C15H17F3O3S/c1-10-4-5-12(21-22(19,20)15(16,17)18)11-6-9-14(13(10)11)7-2-3-8-14/h4-5H,2-3,6-9H2,1H3. The third-order valence-corrected chi connectivity index (χ3v) is 5.87. The topological polar surface area (TPSA) is 43.4 Å². The van der Waals surface area contributed by atoms with Crippen molar-refractivity contribution in [2.24, 2.45) is 0 Å². The Morgan fingerprint density at radius 1 is 1.14 bits per heavy atom. The first kappa shape index (κ1) is 15.6. The highest BCUT2D eigenvalue weighted by molar-refractivity contribution is 7.88. The van der Waals surface area contributed by atoms with Gasteiger partial charge in [-0.1, -0.05) is 18.9 Å². The second-order valence-corrected chi connectivity index (χ2v) is 7.74. The van der Waals surface area contributed by atoms with Crippen molar-refractivity contribution in [2.45, 2.75) is 56.4 Å². The maximum Gasteiger partial charge on any atom is 0.534 e. The Labute approximate surface area is 127 Å². The van der Waals surface area contributed by atoms with E-state index >= 15 is 0 Å². The molecule has 22 heavy (non-hydrogen) atoms. The van der Waals surface area contributed by atoms with Crippen molar-refractivity contribution >= 4 is 10.1 Å². The highest BCUT2D eigenvalue weighted by atomic mass is 32.2. The first-order valence-electron chi connectivity index (χ1n) is 7.30. The van der Waals surface area contributed by atoms with Crippen LogP contribution in [0.15, 0.2) is 12.1 Å². The molecule has 2 aliphatic rings. The minimum Gasteiger partial charge on any atom is -0.376 e. The van der Waals surface area contributed by atoms with E-state index in [9.17, 15) is 21.6 Å². The van der Waals surface area contributed by atoms with E-state index in [1.54, 1.807) is 6.07 Å². The number of rotatable bonds is 2. The quantitative estimate of drug-likeness (QED) is 0.607. The number of hydrogen-bond donors (Lipinski definition) is 0. The normalized spacial score (nSPS) is 20.4. The molecule has 1 aromatic carbocycles. The average Bonchev–Trinajstić information content (AvgIpc) is 3.01. The van der Waals surface area contributed by atoms with Crippen LogP contribution < -0.4 is 4.18 Å². The molecule has 1 saturated carbocycles. The lowest BCUT2D eigenvalue weighted by molar-refractivity contribution is -0.0500. The number of benzene rings is 1. The lowest BCUT2D eigenvalue weighted by atomic mass is 9.78. The van der Waals surface area contributed by atoms with Crippen LogP contribution in [0.4, 0.5) is 13.2 Å². The Kier molecular flexibility index (Phi) is 3.47. The molecule has 0 heterocycles. The highest BCUT2D eigenvalue weighted by Gasteiger charge is 2.50. The molecule has 0 bridgehead atoms. The van der Waals surface area contributed by atoms with Crippen LogP contribution in [0.1, 0.15) is 48.8 Å². The molecule has 1 aromatic rings. The van der Waals surface area contributed by atoms with Gasteiger partial charge in [0.2, 0.25) is 0 Å². The van der Waals surface area contributed by atoms with Crippen LogP contribution in [0.25, 0.3) is 0 Å². The van der Waals surface area contributed by atoms with Crippen molar-refractivity contribution in [3.63, 3.8) is 0 Å². The molecule has 3 rings (SSSR count). The monoisotopic (exact) mass is 334 g/mol. The molecule has 2 aliphatic carbocycles. The Balaban J connectivity index is 2.05. The van der Waals surface area contributed by atoms with Crippen LogP contribution in [-0.4, -0.2) is 13.9 Å². The van der Waals surface area contributed by atoms with E-state index in [4.69, 9.17) is 0 Å². The fourth-order valence-electron chi connectivity index (χ4n) is 4.02. The molecule has 3 nitrogen and oxygen atoms in total. The minimum absolute atomic E-state index is 0.000775. The van der Waals surface area contributed by atoms with E-state index in [1.807, 2.05) is 6.92 Å². The van der Waals surface area contributed by atoms with Crippen molar-refractivity contribution in [3.8, 4) is 5.75 Å². The lowest BCUT2D eigenvalue weighted by Gasteiger charge is -2.26. The van der Waals surface area contributed by atoms with Crippen LogP contribution in [0.5, 0.6) is 5.75 Å². The molecule has 7 heteroatoms. The SMILES string of the molecule is Cc1ccc(OS(=O)(=O)C(F)(F)F)c2c1C1(CCCC1)CC2. The van der Waals surface area contributed by atoms with Gasteiger partial charge in [0.15, 0.2) is 0 Å². The molecule has 0 N–H and O–H groups in total. The van der Waals surface area contributed by atoms with E-state index in [2.05, 4.69) is 4.18 Å². The molecular formula is C15H17F3O3S. The van der Waals surface area contributed by atoms with E-state index in [1.165, 1.54) is 6.07 Å². The number of aryl methyl sites for hydroxylation is 1. The van der Waals surface area contributed by atoms with Crippen LogP contribution >= 0.6 is 0 Å². The van der Waals surface area contributed by atoms with E-state index in [0.717, 1.165) is 43.2 Å². The van der Waals surface area contributed by atoms with Gasteiger partial charge in [-0.15, -0.1) is 0 Å². The van der Waals surface area contributed by atoms with Gasteiger partial charge < -0.3 is 4.18 Å². The first-order chi connectivity index (χ1) is 10.2. The van der Waals surface area contributed by atoms with Crippen molar-refractivity contribution in [3.05, 3.63) is 28.8 Å². The van der Waals surface area contributed by atoms with Gasteiger partial charge in [0.25, 0.3) is 0 Å². The summed E-state index contributed by atoms with van der Waals surface area (Å²) < 4.78 is 64.6. The van der Waals surface area contributed by atoms with Gasteiger partial charge >= 0.3 is 15.6 Å². The average molecular weight is 334 g/mol. The van der Waals surface area contributed by atoms with Gasteiger partial charge in [0, 0.05) is 0 Å². The third-order valence-electron chi connectivity index (χ3n) is 4.91. The van der Waals surface area contributed by atoms with Gasteiger partial charge in [-0.25, -0.2) is 0 Å². The zero-order valence-electron chi connectivity index (χ0n) is 12.2. The summed E-state index contributed by atoms with van der Waals surface area (Å²) in [4.78, 5) is 0. The summed E-state index contributed by atoms with van der Waals surface area (Å²) in [6, 6.07) is 3.00. The highest BCUT2D eigenvalue weighted by Crippen LogP contribution is 2.53. The maximum absolute atomic E-state index is 12.5. The summed E-state index contributed by atoms with van der Waals surface area (Å²) >= 11 is 0. The third kappa shape index (κ3) is 2.30. The molecule has 122 valence electrons. The van der Waals surface area contributed by atoms with Crippen LogP contribution in [0, 0.1) is 6.92 Å². The van der Waals surface area contributed by atoms with Gasteiger partial charge in [-0.05, 0) is 60.8 Å². The molecule has 1 spiro atoms. The van der Waals surface area contributed by atoms with E-state index < -0.39 is 15.6 Å². The number of hydrogen-bond acceptors (Lipinski definition) is 3. The number of fused-ring (bicyclic) bond motifs is 2. The zero-order chi connectivity index (χ0) is 16.2. The predicted octanol–water partition coefficient (Wildman–Crippen LogP) is 3.98. The molecule has 0 radical (unpaired) electrons. The largest absolute Gasteiger partial charge is 0.534 e. The van der Waals surface area contributed by atoms with Crippen molar-refractivity contribution in [1.82, 2.24) is 0 Å². The van der Waals surface area contributed by atoms with Gasteiger partial charge in [-0.2, -0.15) is 21.6 Å². The van der Waals surface area contributed by atoms with Crippen LogP contribution in [0.3, 0.4) is 0 Å². The molecule has 0 saturated heterocycles. The van der Waals surface area contributed by atoms with Crippen molar-refractivity contribution < 1.29 is 25.8 Å². The Bertz CT molecular complexity index is 701. The second-order valence-electron chi connectivity index (χ2n) is 6.20. The summed E-state index contributed by atoms with van der Waals surface area (Å²) in [6.07, 6.45) is 5.65. The molecule has 0 aromatic heterocycles. The molecule has 1 fully saturated rings. The lowest BCUT2D eigenvalue weighted by Crippen LogP contribution is -2.28. The van der Waals surface area contributed by atoms with Crippen molar-refractivity contribution in [2.75, 3.05) is 0 Å². The Hall–Kier alpha value is -1.24. The Morgan fingerprint density at radius 3 is 2.36 bits per heavy atom. The van der Waals surface area contributed by atoms with E-state index in [-0.39, 0.29) is 11.2 Å². The first-order valence-corrected chi connectivity index (χ1v) is 8.71. The molecule has 0 amide bonds. The predicted molar refractivity (Wildman–Crippen MR) is 75.2 cm³/mol. The molecule has 0 aliphatic heterocycles. The summed E-state index contributed by atoms with van der Waals surface area (Å²) in [5.41, 5.74) is -2.75. The summed E-state index contributed by atoms with van der Waals surface area (Å²) in [7, 11) is -5.62. The maximum atomic E-state index is 12.5. The fraction of sp³-hybridized carbons (Fsp3) is 0.600. The summed E-state index contributed by atoms with van der Waals surface area (Å²) in [5.74, 6) is -0.165. The molecule has 0 atom stereocenters. The van der Waals surface area contributed by atoms with Crippen LogP contribution in [0.2, 0.25) is 0 Å². The molecular weight excluding hydrogens is 317 g/mol. The Morgan fingerprint density at radius 2 is 1.77 bits per heavy atom. The number of alkyl halides is 3. The summed E-state index contributed by atoms with van der Waals surface area (Å²) in [5, 5.41) is 0.